The number of rotatable bonds is 5. The lowest BCUT2D eigenvalue weighted by atomic mass is 10.1. The van der Waals surface area contributed by atoms with Gasteiger partial charge in [0.2, 0.25) is 0 Å². The molecule has 0 radical (unpaired) electrons. The molecule has 2 aromatic carbocycles. The van der Waals surface area contributed by atoms with Crippen molar-refractivity contribution in [2.45, 2.75) is 0 Å². The van der Waals surface area contributed by atoms with Crippen molar-refractivity contribution in [1.29, 1.82) is 0 Å². The number of amides is 1. The number of nitro benzene ring substituents is 1. The van der Waals surface area contributed by atoms with E-state index in [1.807, 2.05) is 0 Å². The molecule has 156 valence electrons. The highest BCUT2D eigenvalue weighted by molar-refractivity contribution is 8.27. The number of benzene rings is 2. The lowest BCUT2D eigenvalue weighted by Gasteiger charge is -2.14. The van der Waals surface area contributed by atoms with Crippen LogP contribution in [0.25, 0.3) is 17.4 Å². The molecule has 2 heterocycles. The zero-order valence-electron chi connectivity index (χ0n) is 15.9. The van der Waals surface area contributed by atoms with Crippen molar-refractivity contribution in [3.8, 4) is 17.1 Å². The fourth-order valence-corrected chi connectivity index (χ4v) is 4.47. The Morgan fingerprint density at radius 3 is 2.74 bits per heavy atom. The molecule has 1 aliphatic heterocycles. The van der Waals surface area contributed by atoms with Gasteiger partial charge in [0.15, 0.2) is 4.32 Å². The molecule has 1 aliphatic rings. The van der Waals surface area contributed by atoms with Crippen molar-refractivity contribution in [3.63, 3.8) is 0 Å². The summed E-state index contributed by atoms with van der Waals surface area (Å²) in [6, 6.07) is 14.5. The van der Waals surface area contributed by atoms with E-state index in [0.29, 0.717) is 42.8 Å². The van der Waals surface area contributed by atoms with Crippen LogP contribution in [0.5, 0.6) is 5.75 Å². The van der Waals surface area contributed by atoms with Crippen LogP contribution in [0.15, 0.2) is 63.9 Å². The molecule has 0 bridgehead atoms. The number of hydrogen-bond acceptors (Lipinski definition) is 7. The van der Waals surface area contributed by atoms with E-state index in [-0.39, 0.29) is 11.6 Å². The Labute approximate surface area is 191 Å². The van der Waals surface area contributed by atoms with E-state index in [2.05, 4.69) is 0 Å². The van der Waals surface area contributed by atoms with Gasteiger partial charge < -0.3 is 9.15 Å². The van der Waals surface area contributed by atoms with E-state index in [9.17, 15) is 14.9 Å². The Morgan fingerprint density at radius 1 is 1.23 bits per heavy atom. The Kier molecular flexibility index (Phi) is 5.81. The van der Waals surface area contributed by atoms with Crippen LogP contribution in [0.3, 0.4) is 0 Å². The fraction of sp³-hybridized carbons (Fsp3) is 0.0476. The Balaban J connectivity index is 1.63. The molecule has 31 heavy (non-hydrogen) atoms. The van der Waals surface area contributed by atoms with Crippen LogP contribution in [-0.4, -0.2) is 22.3 Å². The number of nitro groups is 1. The first-order valence-corrected chi connectivity index (χ1v) is 10.4. The molecule has 3 aromatic rings. The van der Waals surface area contributed by atoms with Crippen molar-refractivity contribution in [2.24, 2.45) is 0 Å². The normalized spacial score (nSPS) is 15.0. The SMILES string of the molecule is COc1cc([N+](=O)[O-])ccc1-c1ccc(C=C2SC(=S)N(c3cccc(Cl)c3)C2=O)o1. The number of thioether (sulfide) groups is 1. The number of methoxy groups -OCH3 is 1. The minimum absolute atomic E-state index is 0.0860. The van der Waals surface area contributed by atoms with Crippen LogP contribution in [0.1, 0.15) is 5.76 Å². The van der Waals surface area contributed by atoms with Crippen LogP contribution in [0, 0.1) is 10.1 Å². The number of anilines is 1. The lowest BCUT2D eigenvalue weighted by Crippen LogP contribution is -2.27. The number of ether oxygens (including phenoxy) is 1. The van der Waals surface area contributed by atoms with E-state index < -0.39 is 4.92 Å². The summed E-state index contributed by atoms with van der Waals surface area (Å²) < 4.78 is 11.5. The first kappa shape index (κ1) is 21.1. The average molecular weight is 473 g/mol. The predicted octanol–water partition coefficient (Wildman–Crippen LogP) is 5.92. The zero-order chi connectivity index (χ0) is 22.1. The van der Waals surface area contributed by atoms with Gasteiger partial charge in [0.1, 0.15) is 17.3 Å². The van der Waals surface area contributed by atoms with Crippen LogP contribution in [0.4, 0.5) is 11.4 Å². The third-order valence-electron chi connectivity index (χ3n) is 4.42. The van der Waals surface area contributed by atoms with Crippen molar-refractivity contribution >= 4 is 63.3 Å². The second-order valence-electron chi connectivity index (χ2n) is 6.34. The molecule has 1 amide bonds. The van der Waals surface area contributed by atoms with E-state index in [4.69, 9.17) is 33.0 Å². The number of hydrogen-bond donors (Lipinski definition) is 0. The second-order valence-corrected chi connectivity index (χ2v) is 8.45. The fourth-order valence-electron chi connectivity index (χ4n) is 3.01. The van der Waals surface area contributed by atoms with E-state index >= 15 is 0 Å². The highest BCUT2D eigenvalue weighted by Crippen LogP contribution is 2.38. The molecule has 1 aromatic heterocycles. The molecule has 10 heteroatoms. The summed E-state index contributed by atoms with van der Waals surface area (Å²) in [6.45, 7) is 0. The third kappa shape index (κ3) is 4.20. The van der Waals surface area contributed by atoms with Crippen molar-refractivity contribution in [2.75, 3.05) is 12.0 Å². The van der Waals surface area contributed by atoms with Crippen molar-refractivity contribution in [3.05, 3.63) is 80.4 Å². The van der Waals surface area contributed by atoms with E-state index in [0.717, 1.165) is 11.8 Å². The number of carbonyl (C=O) groups is 1. The van der Waals surface area contributed by atoms with Gasteiger partial charge in [-0.1, -0.05) is 41.6 Å². The van der Waals surface area contributed by atoms with E-state index in [1.54, 1.807) is 48.5 Å². The molecule has 0 atom stereocenters. The van der Waals surface area contributed by atoms with Gasteiger partial charge in [0.25, 0.3) is 11.6 Å². The van der Waals surface area contributed by atoms with Gasteiger partial charge in [0.05, 0.1) is 34.3 Å². The summed E-state index contributed by atoms with van der Waals surface area (Å²) in [5, 5.41) is 11.5. The maximum atomic E-state index is 12.9. The summed E-state index contributed by atoms with van der Waals surface area (Å²) in [5.74, 6) is 0.913. The highest BCUT2D eigenvalue weighted by atomic mass is 35.5. The minimum Gasteiger partial charge on any atom is -0.496 e. The molecule has 7 nitrogen and oxygen atoms in total. The largest absolute Gasteiger partial charge is 0.496 e. The van der Waals surface area contributed by atoms with E-state index in [1.165, 1.54) is 24.1 Å². The predicted molar refractivity (Wildman–Crippen MR) is 124 cm³/mol. The first-order chi connectivity index (χ1) is 14.9. The van der Waals surface area contributed by atoms with Gasteiger partial charge in [-0.3, -0.25) is 19.8 Å². The van der Waals surface area contributed by atoms with Gasteiger partial charge in [-0.2, -0.15) is 0 Å². The Hall–Kier alpha value is -3.14. The summed E-state index contributed by atoms with van der Waals surface area (Å²) in [6.07, 6.45) is 1.60. The number of furan rings is 1. The van der Waals surface area contributed by atoms with Crippen molar-refractivity contribution < 1.29 is 18.9 Å². The summed E-state index contributed by atoms with van der Waals surface area (Å²) in [7, 11) is 1.42. The molecule has 0 saturated carbocycles. The maximum absolute atomic E-state index is 12.9. The van der Waals surface area contributed by atoms with Crippen LogP contribution >= 0.6 is 35.6 Å². The third-order valence-corrected chi connectivity index (χ3v) is 5.96. The lowest BCUT2D eigenvalue weighted by molar-refractivity contribution is -0.384. The molecule has 1 fully saturated rings. The summed E-state index contributed by atoms with van der Waals surface area (Å²) >= 11 is 12.6. The Morgan fingerprint density at radius 2 is 2.03 bits per heavy atom. The molecule has 4 rings (SSSR count). The maximum Gasteiger partial charge on any atom is 0.273 e. The molecule has 0 N–H and O–H groups in total. The number of thiocarbonyl (C=S) groups is 1. The molecular formula is C21H13ClN2O5S2. The molecule has 0 spiro atoms. The smallest absolute Gasteiger partial charge is 0.273 e. The van der Waals surface area contributed by atoms with Gasteiger partial charge in [0, 0.05) is 17.2 Å². The molecule has 1 saturated heterocycles. The number of carbonyl (C=O) groups excluding carboxylic acids is 1. The second kappa shape index (κ2) is 8.54. The summed E-state index contributed by atoms with van der Waals surface area (Å²) in [5.41, 5.74) is 1.06. The van der Waals surface area contributed by atoms with Crippen LogP contribution in [0.2, 0.25) is 5.02 Å². The number of non-ortho nitro benzene ring substituents is 1. The van der Waals surface area contributed by atoms with Gasteiger partial charge in [-0.25, -0.2) is 0 Å². The molecule has 0 unspecified atom stereocenters. The molecule has 0 aliphatic carbocycles. The number of halogens is 1. The summed E-state index contributed by atoms with van der Waals surface area (Å²) in [4.78, 5) is 25.2. The average Bonchev–Trinajstić information content (AvgIpc) is 3.31. The first-order valence-electron chi connectivity index (χ1n) is 8.83. The molecular weight excluding hydrogens is 460 g/mol. The van der Waals surface area contributed by atoms with Crippen molar-refractivity contribution in [1.82, 2.24) is 0 Å². The topological polar surface area (TPSA) is 85.8 Å². The van der Waals surface area contributed by atoms with Crippen LogP contribution in [-0.2, 0) is 4.79 Å². The monoisotopic (exact) mass is 472 g/mol. The standard InChI is InChI=1S/C21H13ClN2O5S2/c1-28-18-10-14(24(26)27)5-7-16(18)17-8-6-15(29-17)11-19-20(25)23(21(30)31-19)13-4-2-3-12(22)9-13/h2-11H,1H3. The zero-order valence-corrected chi connectivity index (χ0v) is 18.3. The van der Waals surface area contributed by atoms with Gasteiger partial charge in [-0.15, -0.1) is 0 Å². The Bertz CT molecular complexity index is 1250. The number of nitrogens with zero attached hydrogens (tertiary/aromatic N) is 2. The van der Waals surface area contributed by atoms with Gasteiger partial charge in [-0.05, 0) is 36.4 Å². The van der Waals surface area contributed by atoms with Crippen LogP contribution < -0.4 is 9.64 Å². The quantitative estimate of drug-likeness (QED) is 0.197. The highest BCUT2D eigenvalue weighted by Gasteiger charge is 2.33. The van der Waals surface area contributed by atoms with Gasteiger partial charge >= 0.3 is 0 Å². The minimum atomic E-state index is -0.498.